The molecule has 0 aliphatic heterocycles. The maximum Gasteiger partial charge on any atom is 0.141 e. The van der Waals surface area contributed by atoms with Crippen LogP contribution >= 0.6 is 0 Å². The lowest BCUT2D eigenvalue weighted by atomic mass is 10.0. The number of hydrogen-bond donors (Lipinski definition) is 3. The molecule has 0 unspecified atom stereocenters. The Balaban J connectivity index is 2.37. The Hall–Kier alpha value is -2.59. The van der Waals surface area contributed by atoms with Crippen molar-refractivity contribution in [3.05, 3.63) is 54.6 Å². The Bertz CT molecular complexity index is 726. The second-order valence-electron chi connectivity index (χ2n) is 4.24. The van der Waals surface area contributed by atoms with Crippen LogP contribution in [0.2, 0.25) is 0 Å². The number of nitrogens with two attached hydrogens (primary N) is 1. The molecule has 3 aromatic rings. The second-order valence-corrected chi connectivity index (χ2v) is 4.24. The van der Waals surface area contributed by atoms with Crippen LogP contribution in [-0.2, 0) is 0 Å². The lowest BCUT2D eigenvalue weighted by Crippen LogP contribution is -2.08. The van der Waals surface area contributed by atoms with Gasteiger partial charge in [0.05, 0.1) is 0 Å². The summed E-state index contributed by atoms with van der Waals surface area (Å²) in [5.41, 5.74) is 5.11. The number of nitrogens with one attached hydrogen (secondary N) is 1. The fourth-order valence-corrected chi connectivity index (χ4v) is 2.16. The Kier molecular flexibility index (Phi) is 2.78. The number of phenols is 1. The number of pyridine rings is 1. The van der Waals surface area contributed by atoms with Gasteiger partial charge in [0, 0.05) is 5.39 Å². The van der Waals surface area contributed by atoms with E-state index in [9.17, 15) is 5.11 Å². The average molecular weight is 251 g/mol. The predicted octanol–water partition coefficient (Wildman–Crippen LogP) is 2.89. The van der Waals surface area contributed by atoms with Gasteiger partial charge in [-0.3, -0.25) is 0 Å². The number of rotatable bonds is 2. The summed E-state index contributed by atoms with van der Waals surface area (Å²) in [6, 6.07) is 17.2. The molecule has 0 fully saturated rings. The predicted molar refractivity (Wildman–Crippen MR) is 76.7 cm³/mol. The van der Waals surface area contributed by atoms with Crippen molar-refractivity contribution in [1.29, 1.82) is 0 Å². The zero-order valence-corrected chi connectivity index (χ0v) is 10.2. The highest BCUT2D eigenvalue weighted by molar-refractivity contribution is 5.98. The van der Waals surface area contributed by atoms with Crippen molar-refractivity contribution in [2.75, 3.05) is 5.43 Å². The molecule has 0 spiro atoms. The van der Waals surface area contributed by atoms with Crippen LogP contribution in [0.1, 0.15) is 0 Å². The number of anilines is 1. The van der Waals surface area contributed by atoms with Gasteiger partial charge in [0.2, 0.25) is 0 Å². The third-order valence-corrected chi connectivity index (χ3v) is 3.05. The number of hydrazine groups is 1. The zero-order chi connectivity index (χ0) is 13.2. The smallest absolute Gasteiger partial charge is 0.141 e. The number of aromatic nitrogens is 1. The van der Waals surface area contributed by atoms with Crippen LogP contribution in [0.15, 0.2) is 54.6 Å². The first-order chi connectivity index (χ1) is 9.29. The normalized spacial score (nSPS) is 10.6. The molecule has 0 aliphatic carbocycles. The summed E-state index contributed by atoms with van der Waals surface area (Å²) >= 11 is 0. The van der Waals surface area contributed by atoms with Gasteiger partial charge < -0.3 is 10.5 Å². The molecular formula is C15H13N3O. The van der Waals surface area contributed by atoms with Crippen LogP contribution < -0.4 is 11.3 Å². The molecular weight excluding hydrogens is 238 g/mol. The van der Waals surface area contributed by atoms with Gasteiger partial charge in [-0.1, -0.05) is 42.5 Å². The summed E-state index contributed by atoms with van der Waals surface area (Å²) in [4.78, 5) is 4.29. The van der Waals surface area contributed by atoms with Crippen molar-refractivity contribution in [1.82, 2.24) is 4.98 Å². The van der Waals surface area contributed by atoms with E-state index in [1.165, 1.54) is 0 Å². The summed E-state index contributed by atoms with van der Waals surface area (Å²) < 4.78 is 0. The van der Waals surface area contributed by atoms with E-state index >= 15 is 0 Å². The maximum absolute atomic E-state index is 9.93. The van der Waals surface area contributed by atoms with Gasteiger partial charge in [0.15, 0.2) is 0 Å². The SMILES string of the molecule is NNc1cc(-c2ccccc2)c2cccc(O)c2n1. The molecule has 4 heteroatoms. The largest absolute Gasteiger partial charge is 0.506 e. The molecule has 94 valence electrons. The Morgan fingerprint density at radius 1 is 1.00 bits per heavy atom. The van der Waals surface area contributed by atoms with Gasteiger partial charge in [0.1, 0.15) is 17.1 Å². The lowest BCUT2D eigenvalue weighted by molar-refractivity contribution is 0.480. The quantitative estimate of drug-likeness (QED) is 0.484. The number of para-hydroxylation sites is 1. The molecule has 3 rings (SSSR count). The van der Waals surface area contributed by atoms with Crippen LogP contribution in [0, 0.1) is 0 Å². The maximum atomic E-state index is 9.93. The molecule has 4 nitrogen and oxygen atoms in total. The van der Waals surface area contributed by atoms with Gasteiger partial charge in [-0.2, -0.15) is 0 Å². The molecule has 19 heavy (non-hydrogen) atoms. The molecule has 4 N–H and O–H groups in total. The van der Waals surface area contributed by atoms with Gasteiger partial charge in [-0.15, -0.1) is 0 Å². The minimum Gasteiger partial charge on any atom is -0.506 e. The van der Waals surface area contributed by atoms with E-state index in [2.05, 4.69) is 10.4 Å². The van der Waals surface area contributed by atoms with Gasteiger partial charge in [-0.05, 0) is 23.3 Å². The Labute approximate surface area is 110 Å². The lowest BCUT2D eigenvalue weighted by Gasteiger charge is -2.10. The molecule has 0 bridgehead atoms. The number of nitrogen functional groups attached to an aromatic ring is 1. The fraction of sp³-hybridized carbons (Fsp3) is 0. The monoisotopic (exact) mass is 251 g/mol. The molecule has 0 atom stereocenters. The third-order valence-electron chi connectivity index (χ3n) is 3.05. The first kappa shape index (κ1) is 11.5. The van der Waals surface area contributed by atoms with E-state index in [0.717, 1.165) is 16.5 Å². The highest BCUT2D eigenvalue weighted by Crippen LogP contribution is 2.33. The zero-order valence-electron chi connectivity index (χ0n) is 10.2. The number of aromatic hydroxyl groups is 1. The molecule has 0 saturated heterocycles. The second kappa shape index (κ2) is 4.59. The van der Waals surface area contributed by atoms with Crippen molar-refractivity contribution < 1.29 is 5.11 Å². The first-order valence-electron chi connectivity index (χ1n) is 5.94. The summed E-state index contributed by atoms with van der Waals surface area (Å²) in [5, 5.41) is 10.8. The van der Waals surface area contributed by atoms with Crippen molar-refractivity contribution in [2.24, 2.45) is 5.84 Å². The van der Waals surface area contributed by atoms with E-state index < -0.39 is 0 Å². The van der Waals surface area contributed by atoms with Crippen molar-refractivity contribution in [3.63, 3.8) is 0 Å². The average Bonchev–Trinajstić information content (AvgIpc) is 2.48. The van der Waals surface area contributed by atoms with E-state index in [1.807, 2.05) is 42.5 Å². The van der Waals surface area contributed by atoms with Crippen LogP contribution in [0.25, 0.3) is 22.0 Å². The summed E-state index contributed by atoms with van der Waals surface area (Å²) in [7, 11) is 0. The minimum absolute atomic E-state index is 0.145. The summed E-state index contributed by atoms with van der Waals surface area (Å²) in [5.74, 6) is 6.11. The van der Waals surface area contributed by atoms with Gasteiger partial charge in [-0.25, -0.2) is 10.8 Å². The number of benzene rings is 2. The number of nitrogens with zero attached hydrogens (tertiary/aromatic N) is 1. The molecule has 1 aromatic heterocycles. The van der Waals surface area contributed by atoms with E-state index in [1.54, 1.807) is 12.1 Å². The van der Waals surface area contributed by atoms with Gasteiger partial charge in [0.25, 0.3) is 0 Å². The molecule has 1 heterocycles. The minimum atomic E-state index is 0.145. The molecule has 0 saturated carbocycles. The summed E-state index contributed by atoms with van der Waals surface area (Å²) in [6.45, 7) is 0. The van der Waals surface area contributed by atoms with Crippen molar-refractivity contribution >= 4 is 16.7 Å². The van der Waals surface area contributed by atoms with E-state index in [-0.39, 0.29) is 5.75 Å². The summed E-state index contributed by atoms with van der Waals surface area (Å²) in [6.07, 6.45) is 0. The highest BCUT2D eigenvalue weighted by Gasteiger charge is 2.09. The fourth-order valence-electron chi connectivity index (χ4n) is 2.16. The molecule has 2 aromatic carbocycles. The van der Waals surface area contributed by atoms with Crippen LogP contribution in [0.4, 0.5) is 5.82 Å². The Morgan fingerprint density at radius 2 is 1.79 bits per heavy atom. The molecule has 0 aliphatic rings. The van der Waals surface area contributed by atoms with E-state index in [4.69, 9.17) is 5.84 Å². The van der Waals surface area contributed by atoms with Crippen LogP contribution in [0.3, 0.4) is 0 Å². The van der Waals surface area contributed by atoms with Crippen molar-refractivity contribution in [2.45, 2.75) is 0 Å². The standard InChI is InChI=1S/C15H13N3O/c16-18-14-9-12(10-5-2-1-3-6-10)11-7-4-8-13(19)15(11)17-14/h1-9,19H,16H2,(H,17,18). The van der Waals surface area contributed by atoms with Crippen LogP contribution in [0.5, 0.6) is 5.75 Å². The van der Waals surface area contributed by atoms with Crippen molar-refractivity contribution in [3.8, 4) is 16.9 Å². The first-order valence-corrected chi connectivity index (χ1v) is 5.94. The highest BCUT2D eigenvalue weighted by atomic mass is 16.3. The van der Waals surface area contributed by atoms with E-state index in [0.29, 0.717) is 11.3 Å². The molecule has 0 amide bonds. The number of phenolic OH excluding ortho intramolecular Hbond substituents is 1. The Morgan fingerprint density at radius 3 is 2.53 bits per heavy atom. The topological polar surface area (TPSA) is 71.2 Å². The molecule has 0 radical (unpaired) electrons. The third kappa shape index (κ3) is 1.98. The number of hydrogen-bond acceptors (Lipinski definition) is 4. The van der Waals surface area contributed by atoms with Gasteiger partial charge >= 0.3 is 0 Å². The number of fused-ring (bicyclic) bond motifs is 1. The van der Waals surface area contributed by atoms with Crippen LogP contribution in [-0.4, -0.2) is 10.1 Å².